The Labute approximate surface area is 105 Å². The van der Waals surface area contributed by atoms with E-state index in [1.165, 1.54) is 6.07 Å². The standard InChI is InChI=1S/C13H17F2NO2/c1-7(2)8-5-9(11(15)6-10(8)14)12(16)3-4-13(17)18/h5-7,12H,3-4,16H2,1-2H3,(H,17,18). The van der Waals surface area contributed by atoms with E-state index in [2.05, 4.69) is 0 Å². The lowest BCUT2D eigenvalue weighted by atomic mass is 9.95. The van der Waals surface area contributed by atoms with Crippen molar-refractivity contribution < 1.29 is 18.7 Å². The SMILES string of the molecule is CC(C)c1cc(C(N)CCC(=O)O)c(F)cc1F. The van der Waals surface area contributed by atoms with E-state index in [4.69, 9.17) is 10.8 Å². The van der Waals surface area contributed by atoms with Crippen molar-refractivity contribution in [2.75, 3.05) is 0 Å². The van der Waals surface area contributed by atoms with Crippen molar-refractivity contribution in [2.24, 2.45) is 5.73 Å². The molecule has 0 amide bonds. The molecule has 3 nitrogen and oxygen atoms in total. The van der Waals surface area contributed by atoms with Crippen LogP contribution in [-0.2, 0) is 4.79 Å². The quantitative estimate of drug-likeness (QED) is 0.852. The highest BCUT2D eigenvalue weighted by molar-refractivity contribution is 5.66. The minimum Gasteiger partial charge on any atom is -0.481 e. The lowest BCUT2D eigenvalue weighted by Gasteiger charge is -2.15. The first-order valence-corrected chi connectivity index (χ1v) is 5.79. The zero-order valence-corrected chi connectivity index (χ0v) is 10.4. The highest BCUT2D eigenvalue weighted by atomic mass is 19.1. The van der Waals surface area contributed by atoms with E-state index in [1.807, 2.05) is 0 Å². The number of benzene rings is 1. The number of hydrogen-bond donors (Lipinski definition) is 2. The first-order valence-electron chi connectivity index (χ1n) is 5.79. The molecule has 0 radical (unpaired) electrons. The van der Waals surface area contributed by atoms with E-state index < -0.39 is 23.6 Å². The Morgan fingerprint density at radius 1 is 1.28 bits per heavy atom. The smallest absolute Gasteiger partial charge is 0.303 e. The van der Waals surface area contributed by atoms with Gasteiger partial charge >= 0.3 is 5.97 Å². The predicted octanol–water partition coefficient (Wildman–Crippen LogP) is 2.95. The van der Waals surface area contributed by atoms with Crippen LogP contribution in [0.4, 0.5) is 8.78 Å². The van der Waals surface area contributed by atoms with Gasteiger partial charge in [0.05, 0.1) is 0 Å². The number of carbonyl (C=O) groups is 1. The Morgan fingerprint density at radius 3 is 2.33 bits per heavy atom. The summed E-state index contributed by atoms with van der Waals surface area (Å²) in [4.78, 5) is 10.4. The van der Waals surface area contributed by atoms with Gasteiger partial charge in [-0.15, -0.1) is 0 Å². The Bertz CT molecular complexity index is 447. The first-order chi connectivity index (χ1) is 8.32. The molecule has 1 aromatic carbocycles. The fourth-order valence-corrected chi connectivity index (χ4v) is 1.74. The Balaban J connectivity index is 3.00. The van der Waals surface area contributed by atoms with Gasteiger partial charge in [-0.3, -0.25) is 4.79 Å². The molecule has 1 unspecified atom stereocenters. The number of halogens is 2. The van der Waals surface area contributed by atoms with Crippen LogP contribution >= 0.6 is 0 Å². The van der Waals surface area contributed by atoms with Crippen LogP contribution in [0.1, 0.15) is 49.8 Å². The average Bonchev–Trinajstić information content (AvgIpc) is 2.25. The van der Waals surface area contributed by atoms with Gasteiger partial charge in [0, 0.05) is 24.1 Å². The van der Waals surface area contributed by atoms with Crippen molar-refractivity contribution in [3.63, 3.8) is 0 Å². The molecule has 0 aliphatic carbocycles. The molecule has 0 saturated heterocycles. The summed E-state index contributed by atoms with van der Waals surface area (Å²) in [6.45, 7) is 3.59. The van der Waals surface area contributed by atoms with Crippen LogP contribution in [0.15, 0.2) is 12.1 Å². The zero-order chi connectivity index (χ0) is 13.9. The topological polar surface area (TPSA) is 63.3 Å². The molecule has 0 heterocycles. The van der Waals surface area contributed by atoms with Gasteiger partial charge in [-0.05, 0) is 24.0 Å². The third-order valence-electron chi connectivity index (χ3n) is 2.81. The molecule has 0 saturated carbocycles. The molecular formula is C13H17F2NO2. The second kappa shape index (κ2) is 5.91. The maximum Gasteiger partial charge on any atom is 0.303 e. The monoisotopic (exact) mass is 257 g/mol. The normalized spacial score (nSPS) is 12.8. The van der Waals surface area contributed by atoms with Gasteiger partial charge in [-0.1, -0.05) is 13.8 Å². The number of rotatable bonds is 5. The van der Waals surface area contributed by atoms with Crippen molar-refractivity contribution >= 4 is 5.97 Å². The molecule has 1 atom stereocenters. The van der Waals surface area contributed by atoms with Crippen LogP contribution < -0.4 is 5.73 Å². The van der Waals surface area contributed by atoms with Crippen molar-refractivity contribution in [1.82, 2.24) is 0 Å². The second-order valence-corrected chi connectivity index (χ2v) is 4.59. The largest absolute Gasteiger partial charge is 0.481 e. The number of carboxylic acids is 1. The van der Waals surface area contributed by atoms with Gasteiger partial charge in [0.25, 0.3) is 0 Å². The first kappa shape index (κ1) is 14.6. The fourth-order valence-electron chi connectivity index (χ4n) is 1.74. The fraction of sp³-hybridized carbons (Fsp3) is 0.462. The van der Waals surface area contributed by atoms with Crippen LogP contribution in [0.3, 0.4) is 0 Å². The molecule has 0 aliphatic heterocycles. The maximum absolute atomic E-state index is 13.6. The molecule has 0 aliphatic rings. The van der Waals surface area contributed by atoms with Crippen LogP contribution in [0.2, 0.25) is 0 Å². The van der Waals surface area contributed by atoms with Gasteiger partial charge in [-0.25, -0.2) is 8.78 Å². The van der Waals surface area contributed by atoms with E-state index in [1.54, 1.807) is 13.8 Å². The second-order valence-electron chi connectivity index (χ2n) is 4.59. The highest BCUT2D eigenvalue weighted by Gasteiger charge is 2.17. The molecule has 0 spiro atoms. The molecule has 0 bridgehead atoms. The number of hydrogen-bond acceptors (Lipinski definition) is 2. The molecule has 100 valence electrons. The third-order valence-corrected chi connectivity index (χ3v) is 2.81. The third kappa shape index (κ3) is 3.50. The summed E-state index contributed by atoms with van der Waals surface area (Å²) in [5, 5.41) is 8.56. The maximum atomic E-state index is 13.6. The van der Waals surface area contributed by atoms with Crippen molar-refractivity contribution in [3.05, 3.63) is 34.9 Å². The van der Waals surface area contributed by atoms with Crippen LogP contribution in [0.25, 0.3) is 0 Å². The van der Waals surface area contributed by atoms with Crippen molar-refractivity contribution in [1.29, 1.82) is 0 Å². The van der Waals surface area contributed by atoms with E-state index in [0.717, 1.165) is 6.07 Å². The molecular weight excluding hydrogens is 240 g/mol. The average molecular weight is 257 g/mol. The summed E-state index contributed by atoms with van der Waals surface area (Å²) in [6.07, 6.45) is -0.0234. The molecule has 1 aromatic rings. The number of carboxylic acid groups (broad SMARTS) is 1. The Morgan fingerprint density at radius 2 is 1.83 bits per heavy atom. The Hall–Kier alpha value is -1.49. The summed E-state index contributed by atoms with van der Waals surface area (Å²) in [5.74, 6) is -2.40. The molecule has 18 heavy (non-hydrogen) atoms. The highest BCUT2D eigenvalue weighted by Crippen LogP contribution is 2.26. The molecule has 3 N–H and O–H groups in total. The van der Waals surface area contributed by atoms with Crippen LogP contribution in [0.5, 0.6) is 0 Å². The summed E-state index contributed by atoms with van der Waals surface area (Å²) in [7, 11) is 0. The van der Waals surface area contributed by atoms with Crippen molar-refractivity contribution in [2.45, 2.75) is 38.6 Å². The van der Waals surface area contributed by atoms with Gasteiger partial charge in [0.1, 0.15) is 11.6 Å². The predicted molar refractivity (Wildman–Crippen MR) is 64.2 cm³/mol. The minimum absolute atomic E-state index is 0.0870. The molecule has 5 heteroatoms. The number of aliphatic carboxylic acids is 1. The van der Waals surface area contributed by atoms with Gasteiger partial charge in [0.15, 0.2) is 0 Å². The summed E-state index contributed by atoms with van der Waals surface area (Å²) >= 11 is 0. The van der Waals surface area contributed by atoms with Crippen LogP contribution in [-0.4, -0.2) is 11.1 Å². The molecule has 0 aromatic heterocycles. The summed E-state index contributed by atoms with van der Waals surface area (Å²) in [5.41, 5.74) is 6.29. The lowest BCUT2D eigenvalue weighted by Crippen LogP contribution is -2.15. The van der Waals surface area contributed by atoms with Gasteiger partial charge in [0.2, 0.25) is 0 Å². The minimum atomic E-state index is -0.989. The van der Waals surface area contributed by atoms with Gasteiger partial charge < -0.3 is 10.8 Å². The molecule has 1 rings (SSSR count). The van der Waals surface area contributed by atoms with E-state index in [0.29, 0.717) is 5.56 Å². The van der Waals surface area contributed by atoms with E-state index in [9.17, 15) is 13.6 Å². The van der Waals surface area contributed by atoms with Gasteiger partial charge in [-0.2, -0.15) is 0 Å². The summed E-state index contributed by atoms with van der Waals surface area (Å²) < 4.78 is 27.1. The zero-order valence-electron chi connectivity index (χ0n) is 10.4. The summed E-state index contributed by atoms with van der Waals surface area (Å²) in [6, 6.07) is 1.46. The van der Waals surface area contributed by atoms with E-state index >= 15 is 0 Å². The number of nitrogens with two attached hydrogens (primary N) is 1. The van der Waals surface area contributed by atoms with Crippen molar-refractivity contribution in [3.8, 4) is 0 Å². The van der Waals surface area contributed by atoms with Crippen LogP contribution in [0, 0.1) is 11.6 Å². The lowest BCUT2D eigenvalue weighted by molar-refractivity contribution is -0.137. The molecule has 0 fully saturated rings. The Kier molecular flexibility index (Phi) is 4.78. The van der Waals surface area contributed by atoms with E-state index in [-0.39, 0.29) is 24.3 Å².